The van der Waals surface area contributed by atoms with E-state index in [0.717, 1.165) is 20.4 Å². The van der Waals surface area contributed by atoms with Crippen LogP contribution in [-0.2, 0) is 4.79 Å². The molecule has 3 aromatic rings. The minimum atomic E-state index is -0.230. The molecule has 0 aliphatic carbocycles. The molecule has 1 N–H and O–H groups in total. The Morgan fingerprint density at radius 1 is 1.26 bits per heavy atom. The number of aromatic nitrogens is 3. The monoisotopic (exact) mass is 346 g/mol. The second-order valence-electron chi connectivity index (χ2n) is 5.45. The van der Waals surface area contributed by atoms with E-state index in [9.17, 15) is 4.79 Å². The Balaban J connectivity index is 1.68. The van der Waals surface area contributed by atoms with Crippen LogP contribution in [0.5, 0.6) is 0 Å². The number of para-hydroxylation sites is 1. The van der Waals surface area contributed by atoms with Gasteiger partial charge in [0.15, 0.2) is 4.34 Å². The minimum Gasteiger partial charge on any atom is -0.310 e. The van der Waals surface area contributed by atoms with Gasteiger partial charge in [-0.1, -0.05) is 23.9 Å². The molecule has 2 aromatic heterocycles. The summed E-state index contributed by atoms with van der Waals surface area (Å²) in [6, 6.07) is 10.0. The summed E-state index contributed by atoms with van der Waals surface area (Å²) in [4.78, 5) is 17.0. The number of thioether (sulfide) groups is 1. The first kappa shape index (κ1) is 16.0. The van der Waals surface area contributed by atoms with Crippen molar-refractivity contribution in [2.75, 3.05) is 5.32 Å². The zero-order chi connectivity index (χ0) is 16.4. The molecule has 3 rings (SSSR count). The molecule has 1 amide bonds. The summed E-state index contributed by atoms with van der Waals surface area (Å²) in [6.07, 6.45) is 1.70. The van der Waals surface area contributed by atoms with Gasteiger partial charge in [-0.05, 0) is 32.9 Å². The predicted octanol–water partition coefficient (Wildman–Crippen LogP) is 4.19. The van der Waals surface area contributed by atoms with E-state index in [1.165, 1.54) is 11.8 Å². The van der Waals surface area contributed by atoms with E-state index in [1.807, 2.05) is 51.1 Å². The number of thiazole rings is 1. The first-order chi connectivity index (χ1) is 11.0. The summed E-state index contributed by atoms with van der Waals surface area (Å²) < 4.78 is 3.85. The van der Waals surface area contributed by atoms with E-state index in [0.29, 0.717) is 0 Å². The Morgan fingerprint density at radius 3 is 2.78 bits per heavy atom. The standard InChI is InChI=1S/C16H18N4OS2/c1-10(2)20-14(8-9-17-20)19-15(21)11(3)22-16-18-12-6-4-5-7-13(12)23-16/h4-11H,1-3H3,(H,19,21)/t11-/m1/s1. The van der Waals surface area contributed by atoms with Gasteiger partial charge in [-0.2, -0.15) is 5.10 Å². The van der Waals surface area contributed by atoms with E-state index < -0.39 is 0 Å². The highest BCUT2D eigenvalue weighted by molar-refractivity contribution is 8.02. The molecular formula is C16H18N4OS2. The average Bonchev–Trinajstić information content (AvgIpc) is 3.12. The molecule has 2 heterocycles. The van der Waals surface area contributed by atoms with Gasteiger partial charge in [0.1, 0.15) is 5.82 Å². The van der Waals surface area contributed by atoms with Crippen LogP contribution in [0.2, 0.25) is 0 Å². The van der Waals surface area contributed by atoms with Gasteiger partial charge < -0.3 is 5.32 Å². The number of nitrogens with zero attached hydrogens (tertiary/aromatic N) is 3. The van der Waals surface area contributed by atoms with Crippen molar-refractivity contribution in [3.63, 3.8) is 0 Å². The van der Waals surface area contributed by atoms with Crippen molar-refractivity contribution >= 4 is 45.0 Å². The number of hydrogen-bond donors (Lipinski definition) is 1. The summed E-state index contributed by atoms with van der Waals surface area (Å²) in [5.74, 6) is 0.679. The van der Waals surface area contributed by atoms with Crippen LogP contribution in [0.1, 0.15) is 26.8 Å². The largest absolute Gasteiger partial charge is 0.310 e. The van der Waals surface area contributed by atoms with Crippen LogP contribution in [0.3, 0.4) is 0 Å². The van der Waals surface area contributed by atoms with E-state index in [4.69, 9.17) is 0 Å². The SMILES string of the molecule is CC(C)n1nccc1NC(=O)[C@@H](C)Sc1nc2ccccc2s1. The van der Waals surface area contributed by atoms with Crippen molar-refractivity contribution in [2.24, 2.45) is 0 Å². The van der Waals surface area contributed by atoms with Crippen LogP contribution in [0.4, 0.5) is 5.82 Å². The topological polar surface area (TPSA) is 59.8 Å². The van der Waals surface area contributed by atoms with Crippen LogP contribution in [0.15, 0.2) is 40.9 Å². The summed E-state index contributed by atoms with van der Waals surface area (Å²) >= 11 is 3.09. The molecule has 0 spiro atoms. The van der Waals surface area contributed by atoms with Gasteiger partial charge in [0.25, 0.3) is 0 Å². The fourth-order valence-electron chi connectivity index (χ4n) is 2.16. The third-order valence-electron chi connectivity index (χ3n) is 3.33. The molecule has 0 bridgehead atoms. The first-order valence-electron chi connectivity index (χ1n) is 7.41. The Bertz CT molecular complexity index is 791. The maximum absolute atomic E-state index is 12.4. The number of fused-ring (bicyclic) bond motifs is 1. The molecule has 0 aliphatic heterocycles. The Morgan fingerprint density at radius 2 is 2.04 bits per heavy atom. The van der Waals surface area contributed by atoms with E-state index >= 15 is 0 Å². The zero-order valence-corrected chi connectivity index (χ0v) is 14.8. The van der Waals surface area contributed by atoms with Crippen LogP contribution < -0.4 is 5.32 Å². The van der Waals surface area contributed by atoms with Crippen molar-refractivity contribution in [3.05, 3.63) is 36.5 Å². The van der Waals surface area contributed by atoms with Crippen LogP contribution >= 0.6 is 23.1 Å². The van der Waals surface area contributed by atoms with Crippen molar-refractivity contribution in [3.8, 4) is 0 Å². The molecule has 0 saturated carbocycles. The van der Waals surface area contributed by atoms with Gasteiger partial charge in [0.05, 0.1) is 21.7 Å². The third-order valence-corrected chi connectivity index (χ3v) is 5.56. The van der Waals surface area contributed by atoms with Crippen LogP contribution in [-0.4, -0.2) is 25.9 Å². The number of rotatable bonds is 5. The molecular weight excluding hydrogens is 328 g/mol. The van der Waals surface area contributed by atoms with Crippen molar-refractivity contribution in [2.45, 2.75) is 36.4 Å². The molecule has 0 aliphatic rings. The minimum absolute atomic E-state index is 0.0448. The number of nitrogens with one attached hydrogen (secondary N) is 1. The molecule has 0 radical (unpaired) electrons. The summed E-state index contributed by atoms with van der Waals surface area (Å²) in [5.41, 5.74) is 0.977. The highest BCUT2D eigenvalue weighted by Crippen LogP contribution is 2.32. The smallest absolute Gasteiger partial charge is 0.238 e. The highest BCUT2D eigenvalue weighted by atomic mass is 32.2. The lowest BCUT2D eigenvalue weighted by molar-refractivity contribution is -0.115. The lowest BCUT2D eigenvalue weighted by Crippen LogP contribution is -2.24. The fraction of sp³-hybridized carbons (Fsp3) is 0.312. The molecule has 1 atom stereocenters. The lowest BCUT2D eigenvalue weighted by Gasteiger charge is -2.14. The number of anilines is 1. The summed E-state index contributed by atoms with van der Waals surface area (Å²) in [6.45, 7) is 5.95. The zero-order valence-electron chi connectivity index (χ0n) is 13.2. The summed E-state index contributed by atoms with van der Waals surface area (Å²) in [5, 5.41) is 6.94. The number of benzene rings is 1. The second-order valence-corrected chi connectivity index (χ2v) is 8.07. The average molecular weight is 346 g/mol. The van der Waals surface area contributed by atoms with Crippen LogP contribution in [0.25, 0.3) is 10.2 Å². The number of carbonyl (C=O) groups excluding carboxylic acids is 1. The predicted molar refractivity (Wildman–Crippen MR) is 96.2 cm³/mol. The Labute approximate surface area is 143 Å². The third kappa shape index (κ3) is 3.56. The van der Waals surface area contributed by atoms with Crippen LogP contribution in [0, 0.1) is 0 Å². The van der Waals surface area contributed by atoms with E-state index in [-0.39, 0.29) is 17.2 Å². The van der Waals surface area contributed by atoms with Crippen molar-refractivity contribution < 1.29 is 4.79 Å². The quantitative estimate of drug-likeness (QED) is 0.704. The summed E-state index contributed by atoms with van der Waals surface area (Å²) in [7, 11) is 0. The molecule has 0 saturated heterocycles. The van der Waals surface area contributed by atoms with Gasteiger partial charge in [0, 0.05) is 12.1 Å². The maximum Gasteiger partial charge on any atom is 0.238 e. The maximum atomic E-state index is 12.4. The number of carbonyl (C=O) groups is 1. The molecule has 23 heavy (non-hydrogen) atoms. The molecule has 0 unspecified atom stereocenters. The van der Waals surface area contributed by atoms with Gasteiger partial charge in [0.2, 0.25) is 5.91 Å². The van der Waals surface area contributed by atoms with Gasteiger partial charge >= 0.3 is 0 Å². The highest BCUT2D eigenvalue weighted by Gasteiger charge is 2.18. The number of amides is 1. The van der Waals surface area contributed by atoms with Gasteiger partial charge in [-0.25, -0.2) is 9.67 Å². The first-order valence-corrected chi connectivity index (χ1v) is 9.11. The molecule has 7 heteroatoms. The fourth-order valence-corrected chi connectivity index (χ4v) is 4.37. The van der Waals surface area contributed by atoms with Crippen molar-refractivity contribution in [1.29, 1.82) is 0 Å². The Hall–Kier alpha value is -1.86. The molecule has 120 valence electrons. The Kier molecular flexibility index (Phi) is 4.68. The molecule has 5 nitrogen and oxygen atoms in total. The number of hydrogen-bond acceptors (Lipinski definition) is 5. The van der Waals surface area contributed by atoms with E-state index in [1.54, 1.807) is 22.2 Å². The van der Waals surface area contributed by atoms with Crippen molar-refractivity contribution in [1.82, 2.24) is 14.8 Å². The lowest BCUT2D eigenvalue weighted by atomic mass is 10.3. The van der Waals surface area contributed by atoms with Gasteiger partial charge in [-0.3, -0.25) is 4.79 Å². The second kappa shape index (κ2) is 6.72. The van der Waals surface area contributed by atoms with E-state index in [2.05, 4.69) is 15.4 Å². The van der Waals surface area contributed by atoms with Gasteiger partial charge in [-0.15, -0.1) is 11.3 Å². The molecule has 0 fully saturated rings. The molecule has 1 aromatic carbocycles. The normalized spacial score (nSPS) is 12.7.